The largest absolute Gasteiger partial charge is 0.487 e. The van der Waals surface area contributed by atoms with E-state index in [1.165, 1.54) is 5.56 Å². The summed E-state index contributed by atoms with van der Waals surface area (Å²) in [6, 6.07) is 16.4. The molecule has 1 aliphatic heterocycles. The summed E-state index contributed by atoms with van der Waals surface area (Å²) in [5.74, 6) is 0.914. The van der Waals surface area contributed by atoms with Crippen molar-refractivity contribution < 1.29 is 9.15 Å². The maximum absolute atomic E-state index is 6.12. The Morgan fingerprint density at radius 1 is 1.04 bits per heavy atom. The molecule has 0 unspecified atom stereocenters. The van der Waals surface area contributed by atoms with Gasteiger partial charge in [-0.1, -0.05) is 30.3 Å². The molecule has 1 aliphatic rings. The smallest absolute Gasteiger partial charge is 0.191 e. The molecule has 0 aliphatic carbocycles. The van der Waals surface area contributed by atoms with Crippen LogP contribution in [0.3, 0.4) is 0 Å². The number of hydrogen-bond donors (Lipinski definition) is 0. The Labute approximate surface area is 140 Å². The van der Waals surface area contributed by atoms with Gasteiger partial charge in [0.15, 0.2) is 4.71 Å². The van der Waals surface area contributed by atoms with Crippen molar-refractivity contribution in [3.05, 3.63) is 58.8 Å². The Kier molecular flexibility index (Phi) is 3.27. The third kappa shape index (κ3) is 2.66. The van der Waals surface area contributed by atoms with Crippen LogP contribution in [0.5, 0.6) is 5.75 Å². The second kappa shape index (κ2) is 5.20. The summed E-state index contributed by atoms with van der Waals surface area (Å²) in [5.41, 5.74) is 4.16. The van der Waals surface area contributed by atoms with E-state index in [0.717, 1.165) is 40.7 Å². The summed E-state index contributed by atoms with van der Waals surface area (Å²) in [5, 5.41) is 1.09. The van der Waals surface area contributed by atoms with Gasteiger partial charge in [-0.05, 0) is 61.7 Å². The molecule has 0 bridgehead atoms. The predicted octanol–water partition coefficient (Wildman–Crippen LogP) is 5.93. The molecule has 0 saturated carbocycles. The first-order valence-electron chi connectivity index (χ1n) is 7.87. The topological polar surface area (TPSA) is 22.4 Å². The zero-order valence-electron chi connectivity index (χ0n) is 13.3. The second-order valence-electron chi connectivity index (χ2n) is 6.66. The lowest BCUT2D eigenvalue weighted by molar-refractivity contribution is 0.0848. The molecular formula is C20H18O2S. The van der Waals surface area contributed by atoms with Crippen LogP contribution in [-0.4, -0.2) is 5.60 Å². The fourth-order valence-electron chi connectivity index (χ4n) is 3.17. The standard InChI is InChI=1S/C20H18O2S/c1-20(2)9-8-14-10-16-15(13-6-4-3-5-7-13)11-19(23)21-18(16)12-17(14)22-20/h3-7,10-12H,8-9H2,1-2H3. The number of ether oxygens (including phenoxy) is 1. The molecule has 3 heteroatoms. The molecule has 3 aromatic rings. The number of fused-ring (bicyclic) bond motifs is 2. The van der Waals surface area contributed by atoms with E-state index in [2.05, 4.69) is 32.0 Å². The summed E-state index contributed by atoms with van der Waals surface area (Å²) in [6.45, 7) is 4.24. The van der Waals surface area contributed by atoms with E-state index in [-0.39, 0.29) is 5.60 Å². The van der Waals surface area contributed by atoms with Crippen molar-refractivity contribution in [2.24, 2.45) is 0 Å². The minimum atomic E-state index is -0.130. The number of aryl methyl sites for hydroxylation is 1. The maximum atomic E-state index is 6.12. The van der Waals surface area contributed by atoms with E-state index in [9.17, 15) is 0 Å². The van der Waals surface area contributed by atoms with Crippen molar-refractivity contribution in [3.8, 4) is 16.9 Å². The molecule has 4 rings (SSSR count). The summed E-state index contributed by atoms with van der Waals surface area (Å²) in [6.07, 6.45) is 2.03. The molecule has 2 nitrogen and oxygen atoms in total. The Balaban J connectivity index is 1.98. The average Bonchev–Trinajstić information content (AvgIpc) is 2.52. The Bertz CT molecular complexity index is 939. The minimum Gasteiger partial charge on any atom is -0.487 e. The van der Waals surface area contributed by atoms with Crippen LogP contribution < -0.4 is 4.74 Å². The lowest BCUT2D eigenvalue weighted by Crippen LogP contribution is -2.32. The number of benzene rings is 2. The van der Waals surface area contributed by atoms with E-state index in [1.54, 1.807) is 0 Å². The predicted molar refractivity (Wildman–Crippen MR) is 95.5 cm³/mol. The molecule has 0 saturated heterocycles. The minimum absolute atomic E-state index is 0.130. The van der Waals surface area contributed by atoms with E-state index < -0.39 is 0 Å². The van der Waals surface area contributed by atoms with E-state index in [1.807, 2.05) is 30.3 Å². The molecule has 2 aromatic carbocycles. The maximum Gasteiger partial charge on any atom is 0.191 e. The van der Waals surface area contributed by atoms with Crippen LogP contribution >= 0.6 is 12.2 Å². The second-order valence-corrected chi connectivity index (χ2v) is 7.07. The van der Waals surface area contributed by atoms with Crippen molar-refractivity contribution in [1.29, 1.82) is 0 Å². The highest BCUT2D eigenvalue weighted by atomic mass is 32.1. The van der Waals surface area contributed by atoms with Gasteiger partial charge in [0.2, 0.25) is 0 Å². The summed E-state index contributed by atoms with van der Waals surface area (Å²) in [4.78, 5) is 0. The molecule has 0 amide bonds. The van der Waals surface area contributed by atoms with Crippen LogP contribution in [0.15, 0.2) is 52.9 Å². The normalized spacial score (nSPS) is 15.9. The van der Waals surface area contributed by atoms with Crippen molar-refractivity contribution in [2.75, 3.05) is 0 Å². The van der Waals surface area contributed by atoms with Crippen molar-refractivity contribution in [3.63, 3.8) is 0 Å². The molecule has 0 atom stereocenters. The Morgan fingerprint density at radius 2 is 1.83 bits per heavy atom. The summed E-state index contributed by atoms with van der Waals surface area (Å²) >= 11 is 5.32. The van der Waals surface area contributed by atoms with Gasteiger partial charge in [-0.25, -0.2) is 0 Å². The molecular weight excluding hydrogens is 304 g/mol. The van der Waals surface area contributed by atoms with Crippen LogP contribution in [0.4, 0.5) is 0 Å². The molecule has 23 heavy (non-hydrogen) atoms. The molecule has 0 radical (unpaired) electrons. The highest BCUT2D eigenvalue weighted by molar-refractivity contribution is 7.71. The highest BCUT2D eigenvalue weighted by Gasteiger charge is 2.27. The van der Waals surface area contributed by atoms with Crippen LogP contribution in [0, 0.1) is 4.71 Å². The van der Waals surface area contributed by atoms with Crippen molar-refractivity contribution >= 4 is 23.2 Å². The molecule has 116 valence electrons. The van der Waals surface area contributed by atoms with Gasteiger partial charge in [0.1, 0.15) is 16.9 Å². The summed E-state index contributed by atoms with van der Waals surface area (Å²) in [7, 11) is 0. The Morgan fingerprint density at radius 3 is 2.61 bits per heavy atom. The van der Waals surface area contributed by atoms with Crippen molar-refractivity contribution in [2.45, 2.75) is 32.3 Å². The van der Waals surface area contributed by atoms with E-state index in [4.69, 9.17) is 21.4 Å². The first kappa shape index (κ1) is 14.5. The van der Waals surface area contributed by atoms with E-state index >= 15 is 0 Å². The molecule has 1 aromatic heterocycles. The number of hydrogen-bond acceptors (Lipinski definition) is 3. The van der Waals surface area contributed by atoms with Gasteiger partial charge in [-0.15, -0.1) is 0 Å². The van der Waals surface area contributed by atoms with Gasteiger partial charge >= 0.3 is 0 Å². The lowest BCUT2D eigenvalue weighted by Gasteiger charge is -2.32. The third-order valence-corrected chi connectivity index (χ3v) is 4.59. The monoisotopic (exact) mass is 322 g/mol. The fraction of sp³-hybridized carbons (Fsp3) is 0.250. The zero-order chi connectivity index (χ0) is 16.0. The average molecular weight is 322 g/mol. The van der Waals surface area contributed by atoms with Gasteiger partial charge in [0, 0.05) is 17.5 Å². The van der Waals surface area contributed by atoms with Crippen molar-refractivity contribution in [1.82, 2.24) is 0 Å². The quantitative estimate of drug-likeness (QED) is 0.518. The van der Waals surface area contributed by atoms with Gasteiger partial charge in [0.25, 0.3) is 0 Å². The van der Waals surface area contributed by atoms with Gasteiger partial charge in [-0.3, -0.25) is 0 Å². The zero-order valence-corrected chi connectivity index (χ0v) is 14.1. The van der Waals surface area contributed by atoms with Gasteiger partial charge < -0.3 is 9.15 Å². The highest BCUT2D eigenvalue weighted by Crippen LogP contribution is 2.38. The molecule has 0 fully saturated rings. The molecule has 2 heterocycles. The SMILES string of the molecule is CC1(C)CCc2cc3c(-c4ccccc4)cc(=S)oc3cc2O1. The van der Waals surface area contributed by atoms with Crippen LogP contribution in [0.2, 0.25) is 0 Å². The van der Waals surface area contributed by atoms with Gasteiger partial charge in [0.05, 0.1) is 0 Å². The number of rotatable bonds is 1. The first-order valence-corrected chi connectivity index (χ1v) is 8.28. The summed E-state index contributed by atoms with van der Waals surface area (Å²) < 4.78 is 12.4. The van der Waals surface area contributed by atoms with Crippen LogP contribution in [0.25, 0.3) is 22.1 Å². The lowest BCUT2D eigenvalue weighted by atomic mass is 9.92. The van der Waals surface area contributed by atoms with Crippen LogP contribution in [-0.2, 0) is 6.42 Å². The molecule has 0 N–H and O–H groups in total. The first-order chi connectivity index (χ1) is 11.0. The van der Waals surface area contributed by atoms with Gasteiger partial charge in [-0.2, -0.15) is 0 Å². The van der Waals surface area contributed by atoms with E-state index in [0.29, 0.717) is 4.71 Å². The third-order valence-electron chi connectivity index (χ3n) is 4.39. The Hall–Kier alpha value is -2.13. The fourth-order valence-corrected chi connectivity index (χ4v) is 3.37. The van der Waals surface area contributed by atoms with Crippen LogP contribution in [0.1, 0.15) is 25.8 Å². The molecule has 0 spiro atoms.